The SMILES string of the molecule is CS(=O)c1ccc(CNc2ccc(Br)c(F)c2)cc1. The molecule has 2 aromatic rings. The molecule has 0 radical (unpaired) electrons. The lowest BCUT2D eigenvalue weighted by atomic mass is 10.2. The molecule has 0 saturated heterocycles. The highest BCUT2D eigenvalue weighted by Crippen LogP contribution is 2.20. The fraction of sp³-hybridized carbons (Fsp3) is 0.143. The van der Waals surface area contributed by atoms with Crippen molar-refractivity contribution in [3.8, 4) is 0 Å². The second-order valence-electron chi connectivity index (χ2n) is 4.08. The van der Waals surface area contributed by atoms with Gasteiger partial charge < -0.3 is 5.32 Å². The van der Waals surface area contributed by atoms with Crippen LogP contribution in [0.1, 0.15) is 5.56 Å². The predicted octanol–water partition coefficient (Wildman–Crippen LogP) is 3.94. The van der Waals surface area contributed by atoms with Gasteiger partial charge in [0, 0.05) is 34.2 Å². The van der Waals surface area contributed by atoms with Crippen LogP contribution in [-0.4, -0.2) is 10.5 Å². The molecule has 0 fully saturated rings. The molecule has 1 N–H and O–H groups in total. The summed E-state index contributed by atoms with van der Waals surface area (Å²) in [6.07, 6.45) is 1.65. The molecule has 1 atom stereocenters. The maximum Gasteiger partial charge on any atom is 0.139 e. The molecule has 1 unspecified atom stereocenters. The van der Waals surface area contributed by atoms with Gasteiger partial charge >= 0.3 is 0 Å². The van der Waals surface area contributed by atoms with Gasteiger partial charge in [0.05, 0.1) is 4.47 Å². The van der Waals surface area contributed by atoms with E-state index in [1.165, 1.54) is 6.07 Å². The lowest BCUT2D eigenvalue weighted by Gasteiger charge is -2.07. The summed E-state index contributed by atoms with van der Waals surface area (Å²) in [7, 11) is -0.958. The normalized spacial score (nSPS) is 12.2. The minimum atomic E-state index is -0.958. The monoisotopic (exact) mass is 341 g/mol. The molecule has 0 aromatic heterocycles. The van der Waals surface area contributed by atoms with Gasteiger partial charge in [0.1, 0.15) is 5.82 Å². The zero-order valence-electron chi connectivity index (χ0n) is 10.3. The first kappa shape index (κ1) is 14.2. The Morgan fingerprint density at radius 3 is 2.47 bits per heavy atom. The summed E-state index contributed by atoms with van der Waals surface area (Å²) < 4.78 is 25.0. The third-order valence-corrected chi connectivity index (χ3v) is 4.25. The second-order valence-corrected chi connectivity index (χ2v) is 6.31. The lowest BCUT2D eigenvalue weighted by molar-refractivity contribution is 0.621. The van der Waals surface area contributed by atoms with Gasteiger partial charge in [-0.1, -0.05) is 12.1 Å². The molecule has 0 spiro atoms. The topological polar surface area (TPSA) is 29.1 Å². The second kappa shape index (κ2) is 6.30. The molecule has 0 aliphatic rings. The Morgan fingerprint density at radius 2 is 1.89 bits per heavy atom. The molecule has 19 heavy (non-hydrogen) atoms. The predicted molar refractivity (Wildman–Crippen MR) is 80.2 cm³/mol. The summed E-state index contributed by atoms with van der Waals surface area (Å²) in [6.45, 7) is 0.595. The van der Waals surface area contributed by atoms with Crippen molar-refractivity contribution in [2.45, 2.75) is 11.4 Å². The van der Waals surface area contributed by atoms with Crippen LogP contribution < -0.4 is 5.32 Å². The van der Waals surface area contributed by atoms with E-state index in [9.17, 15) is 8.60 Å². The third-order valence-electron chi connectivity index (χ3n) is 2.67. The van der Waals surface area contributed by atoms with Crippen molar-refractivity contribution in [3.05, 3.63) is 58.3 Å². The largest absolute Gasteiger partial charge is 0.381 e. The van der Waals surface area contributed by atoms with E-state index in [2.05, 4.69) is 21.2 Å². The van der Waals surface area contributed by atoms with E-state index in [0.29, 0.717) is 11.0 Å². The number of anilines is 1. The molecule has 2 rings (SSSR count). The summed E-state index contributed by atoms with van der Waals surface area (Å²) in [4.78, 5) is 0.804. The standard InChI is InChI=1S/C14H13BrFNOS/c1-19(18)12-5-2-10(3-6-12)9-17-11-4-7-13(15)14(16)8-11/h2-8,17H,9H2,1H3. The number of hydrogen-bond acceptors (Lipinski definition) is 2. The molecule has 2 nitrogen and oxygen atoms in total. The highest BCUT2D eigenvalue weighted by Gasteiger charge is 2.01. The van der Waals surface area contributed by atoms with Gasteiger partial charge in [0.15, 0.2) is 0 Å². The average molecular weight is 342 g/mol. The fourth-order valence-electron chi connectivity index (χ4n) is 1.61. The lowest BCUT2D eigenvalue weighted by Crippen LogP contribution is -2.00. The summed E-state index contributed by atoms with van der Waals surface area (Å²) >= 11 is 3.12. The van der Waals surface area contributed by atoms with E-state index in [1.807, 2.05) is 30.3 Å². The van der Waals surface area contributed by atoms with Gasteiger partial charge in [-0.25, -0.2) is 4.39 Å². The number of benzene rings is 2. The number of hydrogen-bond donors (Lipinski definition) is 1. The quantitative estimate of drug-likeness (QED) is 0.912. The van der Waals surface area contributed by atoms with E-state index < -0.39 is 10.8 Å². The zero-order valence-corrected chi connectivity index (χ0v) is 12.7. The Hall–Kier alpha value is -1.20. The Bertz CT molecular complexity index is 601. The number of rotatable bonds is 4. The number of nitrogens with one attached hydrogen (secondary N) is 1. The summed E-state index contributed by atoms with van der Waals surface area (Å²) in [6, 6.07) is 12.4. The van der Waals surface area contributed by atoms with E-state index >= 15 is 0 Å². The molecule has 0 amide bonds. The Balaban J connectivity index is 2.01. The molecule has 0 bridgehead atoms. The Kier molecular flexibility index (Phi) is 4.71. The van der Waals surface area contributed by atoms with Crippen molar-refractivity contribution in [2.24, 2.45) is 0 Å². The molecule has 2 aromatic carbocycles. The summed E-state index contributed by atoms with van der Waals surface area (Å²) in [5.41, 5.74) is 1.78. The van der Waals surface area contributed by atoms with Gasteiger partial charge in [-0.15, -0.1) is 0 Å². The van der Waals surface area contributed by atoms with Crippen LogP contribution >= 0.6 is 15.9 Å². The van der Waals surface area contributed by atoms with Crippen LogP contribution in [0.25, 0.3) is 0 Å². The van der Waals surface area contributed by atoms with E-state index in [1.54, 1.807) is 12.3 Å². The smallest absolute Gasteiger partial charge is 0.139 e. The number of halogens is 2. The van der Waals surface area contributed by atoms with Crippen molar-refractivity contribution < 1.29 is 8.60 Å². The first-order valence-corrected chi connectivity index (χ1v) is 8.02. The van der Waals surface area contributed by atoms with Crippen molar-refractivity contribution >= 4 is 32.4 Å². The molecule has 0 saturated carbocycles. The minimum Gasteiger partial charge on any atom is -0.381 e. The highest BCUT2D eigenvalue weighted by atomic mass is 79.9. The maximum absolute atomic E-state index is 13.3. The maximum atomic E-state index is 13.3. The average Bonchev–Trinajstić information content (AvgIpc) is 2.40. The van der Waals surface area contributed by atoms with E-state index in [-0.39, 0.29) is 5.82 Å². The molecule has 0 aliphatic heterocycles. The van der Waals surface area contributed by atoms with Gasteiger partial charge in [-0.3, -0.25) is 4.21 Å². The van der Waals surface area contributed by atoms with Gasteiger partial charge in [0.2, 0.25) is 0 Å². The zero-order chi connectivity index (χ0) is 13.8. The van der Waals surface area contributed by atoms with E-state index in [0.717, 1.165) is 16.1 Å². The van der Waals surface area contributed by atoms with Gasteiger partial charge in [0.25, 0.3) is 0 Å². The molecular weight excluding hydrogens is 329 g/mol. The third kappa shape index (κ3) is 3.88. The van der Waals surface area contributed by atoms with Gasteiger partial charge in [-0.2, -0.15) is 0 Å². The van der Waals surface area contributed by atoms with Crippen LogP contribution in [0, 0.1) is 5.82 Å². The Morgan fingerprint density at radius 1 is 1.21 bits per heavy atom. The van der Waals surface area contributed by atoms with Crippen molar-refractivity contribution in [1.29, 1.82) is 0 Å². The van der Waals surface area contributed by atoms with Crippen LogP contribution in [-0.2, 0) is 17.3 Å². The van der Waals surface area contributed by atoms with Crippen LogP contribution in [0.3, 0.4) is 0 Å². The van der Waals surface area contributed by atoms with Crippen molar-refractivity contribution in [2.75, 3.05) is 11.6 Å². The van der Waals surface area contributed by atoms with E-state index in [4.69, 9.17) is 0 Å². The molecule has 100 valence electrons. The highest BCUT2D eigenvalue weighted by molar-refractivity contribution is 9.10. The minimum absolute atomic E-state index is 0.290. The first-order valence-electron chi connectivity index (χ1n) is 5.67. The van der Waals surface area contributed by atoms with Crippen LogP contribution in [0.15, 0.2) is 51.8 Å². The van der Waals surface area contributed by atoms with Crippen molar-refractivity contribution in [3.63, 3.8) is 0 Å². The Labute approximate surface area is 122 Å². The molecule has 0 aliphatic carbocycles. The fourth-order valence-corrected chi connectivity index (χ4v) is 2.38. The van der Waals surface area contributed by atoms with Gasteiger partial charge in [-0.05, 0) is 51.8 Å². The van der Waals surface area contributed by atoms with Crippen LogP contribution in [0.4, 0.5) is 10.1 Å². The molecule has 0 heterocycles. The summed E-state index contributed by atoms with van der Waals surface area (Å²) in [5, 5.41) is 3.14. The molecule has 5 heteroatoms. The van der Waals surface area contributed by atoms with Crippen LogP contribution in [0.5, 0.6) is 0 Å². The van der Waals surface area contributed by atoms with Crippen LogP contribution in [0.2, 0.25) is 0 Å². The van der Waals surface area contributed by atoms with Crippen molar-refractivity contribution in [1.82, 2.24) is 0 Å². The molecular formula is C14H13BrFNOS. The summed E-state index contributed by atoms with van der Waals surface area (Å²) in [5.74, 6) is -0.290. The first-order chi connectivity index (χ1) is 9.06.